The number of nitrogens with zero attached hydrogens (tertiary/aromatic N) is 2. The molecule has 1 rings (SSSR count). The minimum absolute atomic E-state index is 0.219. The van der Waals surface area contributed by atoms with Crippen LogP contribution < -0.4 is 4.74 Å². The monoisotopic (exact) mass is 388 g/mol. The molecule has 0 N–H and O–H groups in total. The van der Waals surface area contributed by atoms with Crippen LogP contribution in [-0.2, 0) is 0 Å². The first-order valence-electron chi connectivity index (χ1n) is 7.53. The topological polar surface area (TPSA) is 24.8 Å². The summed E-state index contributed by atoms with van der Waals surface area (Å²) >= 11 is 0. The zero-order chi connectivity index (χ0) is 20.3. The molecule has 0 aliphatic carbocycles. The highest BCUT2D eigenvalue weighted by Crippen LogP contribution is 2.46. The van der Waals surface area contributed by atoms with Gasteiger partial charge in [0.05, 0.1) is 12.0 Å². The van der Waals surface area contributed by atoms with Crippen molar-refractivity contribution in [2.75, 3.05) is 20.2 Å². The first kappa shape index (κ1) is 22.0. The number of ether oxygens (including phenoxy) is 1. The summed E-state index contributed by atoms with van der Waals surface area (Å²) in [5, 5.41) is 0. The average Bonchev–Trinajstić information content (AvgIpc) is 2.52. The van der Waals surface area contributed by atoms with Gasteiger partial charge in [-0.15, -0.1) is 0 Å². The molecule has 0 unspecified atom stereocenters. The number of hydrogen-bond donors (Lipinski definition) is 0. The van der Waals surface area contributed by atoms with Crippen LogP contribution in [0.25, 0.3) is 0 Å². The van der Waals surface area contributed by atoms with Gasteiger partial charge < -0.3 is 9.64 Å². The highest BCUT2D eigenvalue weighted by Gasteiger charge is 2.73. The highest BCUT2D eigenvalue weighted by molar-refractivity contribution is 5.64. The summed E-state index contributed by atoms with van der Waals surface area (Å²) in [7, 11) is 1.78. The lowest BCUT2D eigenvalue weighted by Crippen LogP contribution is -2.54. The third-order valence-electron chi connectivity index (χ3n) is 3.61. The predicted molar refractivity (Wildman–Crippen MR) is 83.8 cm³/mol. The molecule has 0 aliphatic heterocycles. The van der Waals surface area contributed by atoms with Crippen molar-refractivity contribution in [1.29, 1.82) is 0 Å². The van der Waals surface area contributed by atoms with Gasteiger partial charge in [0, 0.05) is 13.6 Å². The molecule has 0 fully saturated rings. The molecule has 0 saturated heterocycles. The molecule has 0 bridgehead atoms. The van der Waals surface area contributed by atoms with Gasteiger partial charge in [0.25, 0.3) is 0 Å². The van der Waals surface area contributed by atoms with Crippen LogP contribution >= 0.6 is 0 Å². The molecule has 26 heavy (non-hydrogen) atoms. The van der Waals surface area contributed by atoms with Gasteiger partial charge in [-0.3, -0.25) is 0 Å². The van der Waals surface area contributed by atoms with Crippen molar-refractivity contribution in [3.8, 4) is 5.75 Å². The second kappa shape index (κ2) is 7.71. The molecule has 0 aromatic heterocycles. The van der Waals surface area contributed by atoms with Crippen LogP contribution in [0.4, 0.5) is 36.4 Å². The van der Waals surface area contributed by atoms with Gasteiger partial charge in [0.1, 0.15) is 5.75 Å². The van der Waals surface area contributed by atoms with Crippen LogP contribution in [0.2, 0.25) is 0 Å². The number of benzene rings is 1. The molecule has 0 aliphatic rings. The first-order valence-corrected chi connectivity index (χ1v) is 7.53. The molecule has 0 spiro atoms. The minimum Gasteiger partial charge on any atom is -0.487 e. The molecule has 10 heteroatoms. The number of aryl methyl sites for hydroxylation is 2. The third kappa shape index (κ3) is 4.79. The lowest BCUT2D eigenvalue weighted by molar-refractivity contribution is -0.358. The normalized spacial score (nSPS) is 13.3. The van der Waals surface area contributed by atoms with Crippen LogP contribution in [0.15, 0.2) is 17.1 Å². The van der Waals surface area contributed by atoms with Crippen LogP contribution in [-0.4, -0.2) is 49.5 Å². The van der Waals surface area contributed by atoms with Crippen molar-refractivity contribution in [2.45, 2.75) is 38.8 Å². The van der Waals surface area contributed by atoms with Crippen LogP contribution in [0.1, 0.15) is 18.1 Å². The van der Waals surface area contributed by atoms with Gasteiger partial charge in [0.2, 0.25) is 0 Å². The van der Waals surface area contributed by atoms with E-state index in [1.54, 1.807) is 25.2 Å². The van der Waals surface area contributed by atoms with Gasteiger partial charge in [-0.1, -0.05) is 0 Å². The standard InChI is InChI=1S/C16H19F7N2O/c1-5-25(4)9-24-12-6-11(3)13(7-10(12)2)26-8-14(17,18)15(19,20)16(21,22)23/h6-7,9H,5,8H2,1-4H3/b24-9+. The Morgan fingerprint density at radius 1 is 1.04 bits per heavy atom. The third-order valence-corrected chi connectivity index (χ3v) is 3.61. The molecule has 148 valence electrons. The van der Waals surface area contributed by atoms with Gasteiger partial charge in [-0.25, -0.2) is 4.99 Å². The van der Waals surface area contributed by atoms with E-state index < -0.39 is 24.6 Å². The molecule has 1 aromatic rings. The summed E-state index contributed by atoms with van der Waals surface area (Å²) in [5.41, 5.74) is 1.24. The smallest absolute Gasteiger partial charge is 0.460 e. The Morgan fingerprint density at radius 3 is 2.12 bits per heavy atom. The summed E-state index contributed by atoms with van der Waals surface area (Å²) in [6.07, 6.45) is -4.84. The van der Waals surface area contributed by atoms with E-state index in [2.05, 4.69) is 9.73 Å². The van der Waals surface area contributed by atoms with E-state index in [1.807, 2.05) is 6.92 Å². The molecule has 0 amide bonds. The molecular weight excluding hydrogens is 369 g/mol. The summed E-state index contributed by atoms with van der Waals surface area (Å²) in [6.45, 7) is 3.51. The Kier molecular flexibility index (Phi) is 6.54. The van der Waals surface area contributed by atoms with E-state index in [0.29, 0.717) is 17.8 Å². The Bertz CT molecular complexity index is 657. The Balaban J connectivity index is 2.99. The largest absolute Gasteiger partial charge is 0.487 e. The van der Waals surface area contributed by atoms with Crippen LogP contribution in [0.3, 0.4) is 0 Å². The molecule has 3 nitrogen and oxygen atoms in total. The maximum atomic E-state index is 13.3. The SMILES string of the molecule is CCN(C)/C=N/c1cc(C)c(OCC(F)(F)C(F)(F)C(F)(F)F)cc1C. The fraction of sp³-hybridized carbons (Fsp3) is 0.562. The summed E-state index contributed by atoms with van der Waals surface area (Å²) in [4.78, 5) is 5.96. The summed E-state index contributed by atoms with van der Waals surface area (Å²) in [5.74, 6) is -11.8. The molecule has 0 atom stereocenters. The van der Waals surface area contributed by atoms with E-state index in [9.17, 15) is 30.7 Å². The molecular formula is C16H19F7N2O. The van der Waals surface area contributed by atoms with Crippen molar-refractivity contribution in [3.05, 3.63) is 23.3 Å². The number of aliphatic imine (C=N–C) groups is 1. The lowest BCUT2D eigenvalue weighted by Gasteiger charge is -2.28. The van der Waals surface area contributed by atoms with Crippen molar-refractivity contribution in [2.24, 2.45) is 4.99 Å². The van der Waals surface area contributed by atoms with Crippen molar-refractivity contribution in [1.82, 2.24) is 4.90 Å². The van der Waals surface area contributed by atoms with Gasteiger partial charge in [-0.05, 0) is 44.0 Å². The Hall–Kier alpha value is -2.00. The summed E-state index contributed by atoms with van der Waals surface area (Å²) in [6, 6.07) is 2.72. The highest BCUT2D eigenvalue weighted by atomic mass is 19.4. The summed E-state index contributed by atoms with van der Waals surface area (Å²) < 4.78 is 93.4. The average molecular weight is 388 g/mol. The van der Waals surface area contributed by atoms with Crippen molar-refractivity contribution < 1.29 is 35.5 Å². The maximum absolute atomic E-state index is 13.3. The van der Waals surface area contributed by atoms with E-state index in [1.165, 1.54) is 19.1 Å². The van der Waals surface area contributed by atoms with Gasteiger partial charge in [0.15, 0.2) is 6.61 Å². The van der Waals surface area contributed by atoms with Crippen molar-refractivity contribution in [3.63, 3.8) is 0 Å². The maximum Gasteiger partial charge on any atom is 0.460 e. The van der Waals surface area contributed by atoms with Gasteiger partial charge in [-0.2, -0.15) is 30.7 Å². The number of rotatable bonds is 7. The Morgan fingerprint density at radius 2 is 1.62 bits per heavy atom. The quantitative estimate of drug-likeness (QED) is 0.368. The fourth-order valence-electron chi connectivity index (χ4n) is 1.78. The van der Waals surface area contributed by atoms with Crippen molar-refractivity contribution >= 4 is 12.0 Å². The van der Waals surface area contributed by atoms with E-state index >= 15 is 0 Å². The molecule has 1 aromatic carbocycles. The molecule has 0 heterocycles. The lowest BCUT2D eigenvalue weighted by atomic mass is 10.1. The van der Waals surface area contributed by atoms with Crippen LogP contribution in [0.5, 0.6) is 5.75 Å². The van der Waals surface area contributed by atoms with Gasteiger partial charge >= 0.3 is 18.0 Å². The zero-order valence-electron chi connectivity index (χ0n) is 14.6. The molecule has 0 saturated carbocycles. The number of hydrogen-bond acceptors (Lipinski definition) is 2. The Labute approximate surface area is 146 Å². The van der Waals surface area contributed by atoms with E-state index in [4.69, 9.17) is 0 Å². The number of alkyl halides is 7. The van der Waals surface area contributed by atoms with Crippen LogP contribution in [0, 0.1) is 13.8 Å². The number of halogens is 7. The zero-order valence-corrected chi connectivity index (χ0v) is 14.6. The van der Waals surface area contributed by atoms with E-state index in [-0.39, 0.29) is 11.3 Å². The first-order chi connectivity index (χ1) is 11.7. The fourth-order valence-corrected chi connectivity index (χ4v) is 1.78. The van der Waals surface area contributed by atoms with E-state index in [0.717, 1.165) is 0 Å². The molecule has 0 radical (unpaired) electrons. The second-order valence-electron chi connectivity index (χ2n) is 5.79. The predicted octanol–water partition coefficient (Wildman–Crippen LogP) is 5.13. The second-order valence-corrected chi connectivity index (χ2v) is 5.79. The minimum atomic E-state index is -6.38.